The molecule has 2 aromatic carbocycles. The monoisotopic (exact) mass is 412 g/mol. The van der Waals surface area contributed by atoms with Crippen molar-refractivity contribution in [2.75, 3.05) is 5.75 Å². The standard InChI is InChI=1S/C19H24O3SSe/c1-2-3-14-19(24-17-12-8-5-9-13-17)18(20)15-23(21,22)16-10-6-4-7-11-16/h4-13,18-20H,2-3,14-15H2,1H3/t18?,19-/m0/s1. The maximum absolute atomic E-state index is 12.5. The fraction of sp³-hybridized carbons (Fsp3) is 0.368. The van der Waals surface area contributed by atoms with E-state index in [2.05, 4.69) is 19.1 Å². The van der Waals surface area contributed by atoms with Crippen LogP contribution >= 0.6 is 0 Å². The third-order valence-electron chi connectivity index (χ3n) is 3.79. The summed E-state index contributed by atoms with van der Waals surface area (Å²) in [5.41, 5.74) is 0. The maximum atomic E-state index is 12.5. The van der Waals surface area contributed by atoms with Gasteiger partial charge in [-0.25, -0.2) is 0 Å². The van der Waals surface area contributed by atoms with E-state index in [0.717, 1.165) is 19.3 Å². The van der Waals surface area contributed by atoms with Gasteiger partial charge in [-0.3, -0.25) is 0 Å². The summed E-state index contributed by atoms with van der Waals surface area (Å²) in [6.07, 6.45) is 2.07. The van der Waals surface area contributed by atoms with E-state index >= 15 is 0 Å². The topological polar surface area (TPSA) is 54.4 Å². The van der Waals surface area contributed by atoms with E-state index in [1.54, 1.807) is 30.3 Å². The SMILES string of the molecule is CCCC[C@H]([Se]c1ccccc1)C(O)CS(=O)(=O)c1ccccc1. The van der Waals surface area contributed by atoms with Crippen LogP contribution in [0.5, 0.6) is 0 Å². The van der Waals surface area contributed by atoms with Gasteiger partial charge in [0.1, 0.15) is 0 Å². The molecular weight excluding hydrogens is 387 g/mol. The molecule has 5 heteroatoms. The molecule has 0 heterocycles. The number of unbranched alkanes of at least 4 members (excludes halogenated alkanes) is 1. The van der Waals surface area contributed by atoms with Crippen LogP contribution in [0, 0.1) is 0 Å². The first-order chi connectivity index (χ1) is 11.5. The number of aliphatic hydroxyl groups excluding tert-OH is 1. The summed E-state index contributed by atoms with van der Waals surface area (Å²) in [4.78, 5) is 0.295. The Labute approximate surface area is 151 Å². The Bertz CT molecular complexity index is 702. The van der Waals surface area contributed by atoms with Crippen molar-refractivity contribution in [3.63, 3.8) is 0 Å². The van der Waals surface area contributed by atoms with Gasteiger partial charge >= 0.3 is 151 Å². The molecular formula is C19H24O3SSe. The predicted molar refractivity (Wildman–Crippen MR) is 99.6 cm³/mol. The van der Waals surface area contributed by atoms with Crippen LogP contribution < -0.4 is 4.46 Å². The first kappa shape index (κ1) is 19.2. The van der Waals surface area contributed by atoms with E-state index in [0.29, 0.717) is 0 Å². The molecule has 0 bridgehead atoms. The van der Waals surface area contributed by atoms with Crippen molar-refractivity contribution in [2.45, 2.75) is 42.0 Å². The van der Waals surface area contributed by atoms with Crippen LogP contribution in [0.4, 0.5) is 0 Å². The molecule has 0 fully saturated rings. The van der Waals surface area contributed by atoms with Crippen molar-refractivity contribution in [1.82, 2.24) is 0 Å². The first-order valence-corrected chi connectivity index (χ1v) is 11.7. The summed E-state index contributed by atoms with van der Waals surface area (Å²) < 4.78 is 26.2. The van der Waals surface area contributed by atoms with Crippen molar-refractivity contribution in [2.24, 2.45) is 0 Å². The summed E-state index contributed by atoms with van der Waals surface area (Å²) in [6.45, 7) is 2.11. The van der Waals surface area contributed by atoms with Gasteiger partial charge in [-0.2, -0.15) is 0 Å². The molecule has 24 heavy (non-hydrogen) atoms. The Kier molecular flexibility index (Phi) is 7.50. The van der Waals surface area contributed by atoms with Crippen molar-refractivity contribution in [3.05, 3.63) is 60.7 Å². The molecule has 0 aliphatic rings. The van der Waals surface area contributed by atoms with Crippen LogP contribution in [-0.4, -0.2) is 40.3 Å². The minimum absolute atomic E-state index is 0.0123. The third-order valence-corrected chi connectivity index (χ3v) is 8.50. The Morgan fingerprint density at radius 1 is 1.00 bits per heavy atom. The molecule has 0 aromatic heterocycles. The molecule has 2 atom stereocenters. The van der Waals surface area contributed by atoms with Gasteiger partial charge < -0.3 is 0 Å². The van der Waals surface area contributed by atoms with Crippen LogP contribution in [0.3, 0.4) is 0 Å². The Morgan fingerprint density at radius 2 is 1.58 bits per heavy atom. The molecule has 1 N–H and O–H groups in total. The molecule has 0 amide bonds. The number of hydrogen-bond acceptors (Lipinski definition) is 3. The zero-order valence-electron chi connectivity index (χ0n) is 13.8. The van der Waals surface area contributed by atoms with Gasteiger partial charge in [-0.05, 0) is 0 Å². The third kappa shape index (κ3) is 5.75. The van der Waals surface area contributed by atoms with Crippen molar-refractivity contribution >= 4 is 29.3 Å². The van der Waals surface area contributed by atoms with Gasteiger partial charge in [0, 0.05) is 0 Å². The van der Waals surface area contributed by atoms with Crippen LogP contribution in [0.1, 0.15) is 26.2 Å². The number of hydrogen-bond donors (Lipinski definition) is 1. The van der Waals surface area contributed by atoms with Crippen LogP contribution in [-0.2, 0) is 9.84 Å². The molecule has 0 saturated heterocycles. The minimum atomic E-state index is -3.46. The van der Waals surface area contributed by atoms with Crippen molar-refractivity contribution < 1.29 is 13.5 Å². The van der Waals surface area contributed by atoms with E-state index in [4.69, 9.17) is 0 Å². The second-order valence-electron chi connectivity index (χ2n) is 5.77. The Hall–Kier alpha value is -1.13. The van der Waals surface area contributed by atoms with Crippen LogP contribution in [0.15, 0.2) is 65.6 Å². The van der Waals surface area contributed by atoms with Gasteiger partial charge in [0.2, 0.25) is 0 Å². The molecule has 2 rings (SSSR count). The van der Waals surface area contributed by atoms with Gasteiger partial charge in [-0.15, -0.1) is 0 Å². The van der Waals surface area contributed by atoms with E-state index in [-0.39, 0.29) is 30.4 Å². The second-order valence-corrected chi connectivity index (χ2v) is 10.6. The van der Waals surface area contributed by atoms with E-state index in [9.17, 15) is 13.5 Å². The zero-order valence-corrected chi connectivity index (χ0v) is 16.4. The van der Waals surface area contributed by atoms with E-state index in [1.165, 1.54) is 4.46 Å². The molecule has 2 aromatic rings. The average molecular weight is 411 g/mol. The summed E-state index contributed by atoms with van der Waals surface area (Å²) in [6, 6.07) is 18.4. The first-order valence-electron chi connectivity index (χ1n) is 8.20. The Morgan fingerprint density at radius 3 is 2.17 bits per heavy atom. The number of rotatable bonds is 9. The van der Waals surface area contributed by atoms with Crippen LogP contribution in [0.2, 0.25) is 4.82 Å². The van der Waals surface area contributed by atoms with E-state index < -0.39 is 15.9 Å². The molecule has 130 valence electrons. The van der Waals surface area contributed by atoms with Crippen LogP contribution in [0.25, 0.3) is 0 Å². The van der Waals surface area contributed by atoms with Gasteiger partial charge in [0.15, 0.2) is 0 Å². The normalized spacial score (nSPS) is 14.2. The molecule has 0 saturated carbocycles. The number of benzene rings is 2. The molecule has 0 spiro atoms. The quantitative estimate of drug-likeness (QED) is 0.646. The molecule has 0 aliphatic heterocycles. The molecule has 0 aliphatic carbocycles. The van der Waals surface area contributed by atoms with E-state index in [1.807, 2.05) is 18.2 Å². The summed E-state index contributed by atoms with van der Waals surface area (Å²) >= 11 is 0.0576. The van der Waals surface area contributed by atoms with Crippen molar-refractivity contribution in [1.29, 1.82) is 0 Å². The fourth-order valence-corrected chi connectivity index (χ4v) is 6.71. The van der Waals surface area contributed by atoms with Crippen molar-refractivity contribution in [3.8, 4) is 0 Å². The zero-order chi connectivity index (χ0) is 17.4. The van der Waals surface area contributed by atoms with Gasteiger partial charge in [0.25, 0.3) is 0 Å². The fourth-order valence-electron chi connectivity index (χ4n) is 2.47. The second kappa shape index (κ2) is 9.38. The molecule has 3 nitrogen and oxygen atoms in total. The van der Waals surface area contributed by atoms with Gasteiger partial charge in [0.05, 0.1) is 0 Å². The predicted octanol–water partition coefficient (Wildman–Crippen LogP) is 2.83. The van der Waals surface area contributed by atoms with Gasteiger partial charge in [-0.1, -0.05) is 0 Å². The number of aliphatic hydroxyl groups is 1. The molecule has 0 radical (unpaired) electrons. The number of sulfone groups is 1. The Balaban J connectivity index is 2.10. The molecule has 1 unspecified atom stereocenters. The summed E-state index contributed by atoms with van der Waals surface area (Å²) in [5, 5.41) is 10.6. The summed E-state index contributed by atoms with van der Waals surface area (Å²) in [5.74, 6) is -0.208. The average Bonchev–Trinajstić information content (AvgIpc) is 2.60. The summed E-state index contributed by atoms with van der Waals surface area (Å²) in [7, 11) is -3.46.